The van der Waals surface area contributed by atoms with Gasteiger partial charge in [-0.05, 0) is 31.9 Å². The van der Waals surface area contributed by atoms with Crippen LogP contribution in [0.4, 0.5) is 0 Å². The third kappa shape index (κ3) is 5.43. The molecular formula is C19H26ClN3O4. The van der Waals surface area contributed by atoms with E-state index in [1.54, 1.807) is 29.2 Å². The van der Waals surface area contributed by atoms with E-state index in [0.29, 0.717) is 37.5 Å². The summed E-state index contributed by atoms with van der Waals surface area (Å²) in [5, 5.41) is 3.07. The maximum Gasteiger partial charge on any atom is 0.260 e. The van der Waals surface area contributed by atoms with Crippen LogP contribution in [0, 0.1) is 0 Å². The summed E-state index contributed by atoms with van der Waals surface area (Å²) >= 11 is 0. The van der Waals surface area contributed by atoms with Crippen LogP contribution in [0.2, 0.25) is 0 Å². The fourth-order valence-corrected chi connectivity index (χ4v) is 3.48. The van der Waals surface area contributed by atoms with Crippen LogP contribution in [0.25, 0.3) is 0 Å². The maximum atomic E-state index is 12.5. The van der Waals surface area contributed by atoms with E-state index in [2.05, 4.69) is 5.32 Å². The highest BCUT2D eigenvalue weighted by Crippen LogP contribution is 2.18. The van der Waals surface area contributed by atoms with Crippen molar-refractivity contribution in [3.63, 3.8) is 0 Å². The van der Waals surface area contributed by atoms with Gasteiger partial charge in [-0.1, -0.05) is 12.1 Å². The number of halogens is 1. The van der Waals surface area contributed by atoms with Gasteiger partial charge in [0.25, 0.3) is 5.91 Å². The summed E-state index contributed by atoms with van der Waals surface area (Å²) in [6, 6.07) is 6.93. The zero-order chi connectivity index (χ0) is 18.5. The Morgan fingerprint density at radius 3 is 2.85 bits per heavy atom. The van der Waals surface area contributed by atoms with Crippen LogP contribution in [-0.2, 0) is 9.59 Å². The van der Waals surface area contributed by atoms with E-state index < -0.39 is 0 Å². The standard InChI is InChI=1S/C19H25N3O4.ClH/c1-14(23)15-4-2-6-17(10-15)26-13-19(25)21-8-3-5-16(12-21)22-9-7-20-11-18(22)24;/h2,4,6,10,16,20H,3,5,7-9,11-13H2,1H3;1H. The van der Waals surface area contributed by atoms with E-state index >= 15 is 0 Å². The number of nitrogens with one attached hydrogen (secondary N) is 1. The molecule has 148 valence electrons. The van der Waals surface area contributed by atoms with Crippen LogP contribution in [0.5, 0.6) is 5.75 Å². The molecule has 1 aromatic carbocycles. The number of hydrogen-bond donors (Lipinski definition) is 1. The first-order valence-electron chi connectivity index (χ1n) is 9.06. The molecule has 3 rings (SSSR count). The van der Waals surface area contributed by atoms with Gasteiger partial charge in [0.2, 0.25) is 5.91 Å². The van der Waals surface area contributed by atoms with E-state index in [-0.39, 0.29) is 42.7 Å². The lowest BCUT2D eigenvalue weighted by Crippen LogP contribution is -2.57. The predicted molar refractivity (Wildman–Crippen MR) is 103 cm³/mol. The number of nitrogens with zero attached hydrogens (tertiary/aromatic N) is 2. The first-order valence-corrected chi connectivity index (χ1v) is 9.06. The lowest BCUT2D eigenvalue weighted by molar-refractivity contribution is -0.141. The van der Waals surface area contributed by atoms with Crippen LogP contribution in [0.1, 0.15) is 30.1 Å². The Labute approximate surface area is 165 Å². The topological polar surface area (TPSA) is 79.0 Å². The molecule has 1 unspecified atom stereocenters. The second kappa shape index (κ2) is 9.71. The monoisotopic (exact) mass is 395 g/mol. The number of hydrogen-bond acceptors (Lipinski definition) is 5. The minimum absolute atomic E-state index is 0. The number of piperazine rings is 1. The number of benzene rings is 1. The summed E-state index contributed by atoms with van der Waals surface area (Å²) in [5.41, 5.74) is 0.560. The highest BCUT2D eigenvalue weighted by Gasteiger charge is 2.31. The first kappa shape index (κ1) is 21.2. The summed E-state index contributed by atoms with van der Waals surface area (Å²) < 4.78 is 5.58. The van der Waals surface area contributed by atoms with Gasteiger partial charge in [0, 0.05) is 37.8 Å². The molecule has 2 amide bonds. The largest absolute Gasteiger partial charge is 0.484 e. The lowest BCUT2D eigenvalue weighted by atomic mass is 10.0. The number of likely N-dealkylation sites (tertiary alicyclic amines) is 1. The molecule has 0 aromatic heterocycles. The Kier molecular flexibility index (Phi) is 7.62. The van der Waals surface area contributed by atoms with Gasteiger partial charge in [-0.3, -0.25) is 14.4 Å². The van der Waals surface area contributed by atoms with Gasteiger partial charge >= 0.3 is 0 Å². The molecule has 27 heavy (non-hydrogen) atoms. The molecule has 8 heteroatoms. The number of rotatable bonds is 5. The Hall–Kier alpha value is -2.12. The van der Waals surface area contributed by atoms with Crippen molar-refractivity contribution >= 4 is 30.0 Å². The molecule has 0 radical (unpaired) electrons. The second-order valence-electron chi connectivity index (χ2n) is 6.77. The third-order valence-corrected chi connectivity index (χ3v) is 4.92. The summed E-state index contributed by atoms with van der Waals surface area (Å²) in [6.07, 6.45) is 1.81. The Bertz CT molecular complexity index is 697. The van der Waals surface area contributed by atoms with Crippen molar-refractivity contribution in [3.8, 4) is 5.75 Å². The number of carbonyl (C=O) groups is 3. The molecule has 0 aliphatic carbocycles. The minimum atomic E-state index is -0.0921. The zero-order valence-electron chi connectivity index (χ0n) is 15.5. The van der Waals surface area contributed by atoms with E-state index in [0.717, 1.165) is 19.4 Å². The smallest absolute Gasteiger partial charge is 0.260 e. The number of ether oxygens (including phenoxy) is 1. The van der Waals surface area contributed by atoms with Crippen LogP contribution in [-0.4, -0.2) is 72.8 Å². The van der Waals surface area contributed by atoms with Gasteiger partial charge in [-0.2, -0.15) is 0 Å². The molecule has 1 atom stereocenters. The molecule has 2 heterocycles. The third-order valence-electron chi connectivity index (χ3n) is 4.92. The van der Waals surface area contributed by atoms with E-state index in [9.17, 15) is 14.4 Å². The van der Waals surface area contributed by atoms with Crippen LogP contribution < -0.4 is 10.1 Å². The fourth-order valence-electron chi connectivity index (χ4n) is 3.48. The molecule has 2 saturated heterocycles. The molecule has 2 fully saturated rings. The molecular weight excluding hydrogens is 370 g/mol. The van der Waals surface area contributed by atoms with E-state index in [1.165, 1.54) is 6.92 Å². The summed E-state index contributed by atoms with van der Waals surface area (Å²) in [5.74, 6) is 0.483. The van der Waals surface area contributed by atoms with Crippen molar-refractivity contribution in [2.24, 2.45) is 0 Å². The number of piperidine rings is 1. The van der Waals surface area contributed by atoms with Gasteiger partial charge in [0.1, 0.15) is 5.75 Å². The molecule has 0 saturated carbocycles. The Morgan fingerprint density at radius 1 is 1.30 bits per heavy atom. The highest BCUT2D eigenvalue weighted by atomic mass is 35.5. The average molecular weight is 396 g/mol. The van der Waals surface area contributed by atoms with Crippen molar-refractivity contribution in [2.45, 2.75) is 25.8 Å². The second-order valence-corrected chi connectivity index (χ2v) is 6.77. The van der Waals surface area contributed by atoms with Gasteiger partial charge < -0.3 is 19.9 Å². The van der Waals surface area contributed by atoms with Gasteiger partial charge in [0.05, 0.1) is 6.54 Å². The summed E-state index contributed by atoms with van der Waals surface area (Å²) in [4.78, 5) is 39.7. The zero-order valence-corrected chi connectivity index (χ0v) is 16.3. The number of carbonyl (C=O) groups excluding carboxylic acids is 3. The van der Waals surface area contributed by atoms with Crippen LogP contribution >= 0.6 is 12.4 Å². The van der Waals surface area contributed by atoms with Crippen LogP contribution in [0.15, 0.2) is 24.3 Å². The van der Waals surface area contributed by atoms with Crippen molar-refractivity contribution in [3.05, 3.63) is 29.8 Å². The van der Waals surface area contributed by atoms with Gasteiger partial charge in [-0.25, -0.2) is 0 Å². The molecule has 2 aliphatic rings. The first-order chi connectivity index (χ1) is 12.5. The Balaban J connectivity index is 0.00000261. The SMILES string of the molecule is CC(=O)c1cccc(OCC(=O)N2CCCC(N3CCNCC3=O)C2)c1.Cl. The molecule has 1 N–H and O–H groups in total. The molecule has 2 aliphatic heterocycles. The van der Waals surface area contributed by atoms with E-state index in [1.807, 2.05) is 4.90 Å². The van der Waals surface area contributed by atoms with Gasteiger partial charge in [-0.15, -0.1) is 12.4 Å². The number of amides is 2. The summed E-state index contributed by atoms with van der Waals surface area (Å²) in [7, 11) is 0. The van der Waals surface area contributed by atoms with Crippen molar-refractivity contribution in [1.82, 2.24) is 15.1 Å². The highest BCUT2D eigenvalue weighted by molar-refractivity contribution is 5.94. The van der Waals surface area contributed by atoms with Crippen molar-refractivity contribution < 1.29 is 19.1 Å². The fraction of sp³-hybridized carbons (Fsp3) is 0.526. The number of ketones is 1. The molecule has 0 spiro atoms. The lowest BCUT2D eigenvalue weighted by Gasteiger charge is -2.41. The Morgan fingerprint density at radius 2 is 2.11 bits per heavy atom. The quantitative estimate of drug-likeness (QED) is 0.755. The van der Waals surface area contributed by atoms with Crippen molar-refractivity contribution in [1.29, 1.82) is 0 Å². The normalized spacial score (nSPS) is 20.0. The number of Topliss-reactive ketones (excluding diaryl/α,β-unsaturated/α-hetero) is 1. The van der Waals surface area contributed by atoms with Crippen LogP contribution in [0.3, 0.4) is 0 Å². The maximum absolute atomic E-state index is 12.5. The minimum Gasteiger partial charge on any atom is -0.484 e. The van der Waals surface area contributed by atoms with Crippen molar-refractivity contribution in [2.75, 3.05) is 39.3 Å². The molecule has 0 bridgehead atoms. The van der Waals surface area contributed by atoms with E-state index in [4.69, 9.17) is 4.74 Å². The predicted octanol–water partition coefficient (Wildman–Crippen LogP) is 1.11. The molecule has 7 nitrogen and oxygen atoms in total. The molecule has 1 aromatic rings. The summed E-state index contributed by atoms with van der Waals surface area (Å²) in [6.45, 7) is 4.54. The van der Waals surface area contributed by atoms with Gasteiger partial charge in [0.15, 0.2) is 12.4 Å². The average Bonchev–Trinajstić information content (AvgIpc) is 2.67.